The Hall–Kier alpha value is -0.500. The van der Waals surface area contributed by atoms with E-state index in [2.05, 4.69) is 13.0 Å². The molecule has 4 heteroatoms. The fraction of sp³-hybridized carbons (Fsp3) is 0.914. The first-order valence-corrected chi connectivity index (χ1v) is 17.0. The third kappa shape index (κ3) is 5.18. The lowest BCUT2D eigenvalue weighted by molar-refractivity contribution is -0.131. The Morgan fingerprint density at radius 3 is 2.00 bits per heavy atom. The van der Waals surface area contributed by atoms with E-state index in [1.54, 1.807) is 0 Å². The predicted octanol–water partition coefficient (Wildman–Crippen LogP) is 7.61. The standard InChI is InChI=1S/C18H30O.C17H24O.2B/c1-11-13-6-2-3-7-15(13)16-10-9-12-5-4-8-14(12)17(16)18(11)19;18-16-10-12-4-1-2-6-13(12)15-9-8-11-5-3-7-14(11)17(15)16;;/h11-19H,2-10H2,1H3;10-11,13-15,17H,1-9H2;;/t11-,12?,13?,14?,15?,16?,17?,18+;;;/m1.../s1. The highest BCUT2D eigenvalue weighted by atomic mass is 16.3. The molecule has 8 aliphatic rings. The van der Waals surface area contributed by atoms with Crippen LogP contribution in [-0.4, -0.2) is 33.8 Å². The number of fused-ring (bicyclic) bond motifs is 10. The number of carbonyl (C=O) groups excluding carboxylic acids is 1. The Balaban J connectivity index is 0.000000150. The van der Waals surface area contributed by atoms with Gasteiger partial charge in [0.15, 0.2) is 5.78 Å². The molecule has 0 bridgehead atoms. The highest BCUT2D eigenvalue weighted by Crippen LogP contribution is 2.59. The molecular weight excluding hydrogens is 474 g/mol. The maximum atomic E-state index is 12.5. The van der Waals surface area contributed by atoms with Gasteiger partial charge in [-0.05, 0) is 142 Å². The summed E-state index contributed by atoms with van der Waals surface area (Å²) < 4.78 is 0. The van der Waals surface area contributed by atoms with Gasteiger partial charge in [-0.1, -0.05) is 57.4 Å². The topological polar surface area (TPSA) is 37.3 Å². The Kier molecular flexibility index (Phi) is 9.52. The lowest BCUT2D eigenvalue weighted by Gasteiger charge is -2.56. The van der Waals surface area contributed by atoms with Gasteiger partial charge in [0.05, 0.1) is 6.10 Å². The molecule has 1 N–H and O–H groups in total. The second kappa shape index (κ2) is 12.4. The first-order valence-electron chi connectivity index (χ1n) is 17.0. The van der Waals surface area contributed by atoms with Gasteiger partial charge in [-0.25, -0.2) is 0 Å². The molecule has 2 nitrogen and oxygen atoms in total. The molecular formula is C35H54B2O2. The highest BCUT2D eigenvalue weighted by molar-refractivity contribution is 5.94. The maximum absolute atomic E-state index is 12.5. The van der Waals surface area contributed by atoms with E-state index in [9.17, 15) is 9.90 Å². The van der Waals surface area contributed by atoms with Crippen LogP contribution in [0.5, 0.6) is 0 Å². The summed E-state index contributed by atoms with van der Waals surface area (Å²) in [4.78, 5) is 12.5. The van der Waals surface area contributed by atoms with Gasteiger partial charge in [0.25, 0.3) is 0 Å². The summed E-state index contributed by atoms with van der Waals surface area (Å²) in [6.45, 7) is 2.36. The van der Waals surface area contributed by atoms with E-state index in [4.69, 9.17) is 0 Å². The summed E-state index contributed by atoms with van der Waals surface area (Å²) in [6, 6.07) is 0. The predicted molar refractivity (Wildman–Crippen MR) is 161 cm³/mol. The highest BCUT2D eigenvalue weighted by Gasteiger charge is 2.54. The fourth-order valence-electron chi connectivity index (χ4n) is 12.5. The molecule has 39 heavy (non-hydrogen) atoms. The number of aliphatic hydroxyl groups excluding tert-OH is 1. The Morgan fingerprint density at radius 2 is 1.23 bits per heavy atom. The van der Waals surface area contributed by atoms with Crippen LogP contribution in [0, 0.1) is 71.0 Å². The van der Waals surface area contributed by atoms with Crippen molar-refractivity contribution in [3.8, 4) is 0 Å². The molecule has 8 aliphatic carbocycles. The Morgan fingerprint density at radius 1 is 0.615 bits per heavy atom. The SMILES string of the molecule is C[C@@H]1C2CCCCC2C2CCC3CCCC3C2[C@H]1O.O=C1C=C2CCCCC2C2CCC3CCCC3C12.[B].[B]. The van der Waals surface area contributed by atoms with E-state index in [1.807, 2.05) is 0 Å². The zero-order valence-corrected chi connectivity index (χ0v) is 24.8. The lowest BCUT2D eigenvalue weighted by atomic mass is 9.50. The van der Waals surface area contributed by atoms with Crippen LogP contribution in [0.4, 0.5) is 0 Å². The molecule has 7 fully saturated rings. The van der Waals surface area contributed by atoms with Crippen LogP contribution in [0.3, 0.4) is 0 Å². The van der Waals surface area contributed by atoms with Gasteiger partial charge in [-0.3, -0.25) is 4.79 Å². The van der Waals surface area contributed by atoms with Crippen molar-refractivity contribution in [2.45, 2.75) is 129 Å². The van der Waals surface area contributed by atoms with E-state index in [0.717, 1.165) is 53.3 Å². The number of ketones is 1. The van der Waals surface area contributed by atoms with E-state index in [1.165, 1.54) is 121 Å². The van der Waals surface area contributed by atoms with Gasteiger partial charge in [-0.2, -0.15) is 0 Å². The van der Waals surface area contributed by atoms with Gasteiger partial charge in [0.2, 0.25) is 0 Å². The second-order valence-electron chi connectivity index (χ2n) is 15.2. The van der Waals surface area contributed by atoms with Crippen LogP contribution in [0.25, 0.3) is 0 Å². The molecule has 0 aromatic heterocycles. The first-order chi connectivity index (χ1) is 18.1. The molecule has 0 aliphatic heterocycles. The van der Waals surface area contributed by atoms with Crippen molar-refractivity contribution in [1.82, 2.24) is 0 Å². The molecule has 13 atom stereocenters. The summed E-state index contributed by atoms with van der Waals surface area (Å²) in [5.74, 6) is 9.95. The molecule has 7 saturated carbocycles. The van der Waals surface area contributed by atoms with Crippen LogP contribution in [-0.2, 0) is 4.79 Å². The third-order valence-electron chi connectivity index (χ3n) is 14.0. The number of allylic oxidation sites excluding steroid dienone is 2. The Bertz CT molecular complexity index is 886. The molecule has 212 valence electrons. The summed E-state index contributed by atoms with van der Waals surface area (Å²) in [5, 5.41) is 11.0. The van der Waals surface area contributed by atoms with Gasteiger partial charge in [-0.15, -0.1) is 0 Å². The molecule has 0 aromatic carbocycles. The van der Waals surface area contributed by atoms with Crippen molar-refractivity contribution in [2.24, 2.45) is 71.0 Å². The average Bonchev–Trinajstić information content (AvgIpc) is 3.61. The lowest BCUT2D eigenvalue weighted by Crippen LogP contribution is -2.54. The molecule has 11 unspecified atom stereocenters. The van der Waals surface area contributed by atoms with Crippen molar-refractivity contribution in [3.63, 3.8) is 0 Å². The number of hydrogen-bond donors (Lipinski definition) is 1. The average molecular weight is 528 g/mol. The maximum Gasteiger partial charge on any atom is 0.159 e. The molecule has 0 spiro atoms. The minimum absolute atomic E-state index is 0. The monoisotopic (exact) mass is 528 g/mol. The largest absolute Gasteiger partial charge is 0.393 e. The summed E-state index contributed by atoms with van der Waals surface area (Å²) in [7, 11) is 0. The van der Waals surface area contributed by atoms with Crippen molar-refractivity contribution < 1.29 is 9.90 Å². The van der Waals surface area contributed by atoms with Crippen molar-refractivity contribution >= 4 is 22.6 Å². The number of aliphatic hydroxyl groups is 1. The van der Waals surface area contributed by atoms with Gasteiger partial charge < -0.3 is 5.11 Å². The molecule has 8 rings (SSSR count). The zero-order chi connectivity index (χ0) is 25.1. The Labute approximate surface area is 243 Å². The van der Waals surface area contributed by atoms with E-state index < -0.39 is 0 Å². The van der Waals surface area contributed by atoms with Crippen LogP contribution < -0.4 is 0 Å². The minimum atomic E-state index is 0. The van der Waals surface area contributed by atoms with Crippen LogP contribution in [0.1, 0.15) is 122 Å². The van der Waals surface area contributed by atoms with Gasteiger partial charge in [0.1, 0.15) is 0 Å². The normalized spacial score (nSPS) is 49.5. The number of hydrogen-bond acceptors (Lipinski definition) is 2. The van der Waals surface area contributed by atoms with Crippen molar-refractivity contribution in [1.29, 1.82) is 0 Å². The zero-order valence-electron chi connectivity index (χ0n) is 24.8. The minimum Gasteiger partial charge on any atom is -0.393 e. The smallest absolute Gasteiger partial charge is 0.159 e. The quantitative estimate of drug-likeness (QED) is 0.329. The van der Waals surface area contributed by atoms with Crippen LogP contribution in [0.2, 0.25) is 0 Å². The van der Waals surface area contributed by atoms with Gasteiger partial charge >= 0.3 is 0 Å². The second-order valence-corrected chi connectivity index (χ2v) is 15.2. The van der Waals surface area contributed by atoms with Crippen molar-refractivity contribution in [3.05, 3.63) is 11.6 Å². The van der Waals surface area contributed by atoms with Crippen molar-refractivity contribution in [2.75, 3.05) is 0 Å². The molecule has 0 saturated heterocycles. The van der Waals surface area contributed by atoms with E-state index in [0.29, 0.717) is 23.5 Å². The molecule has 0 aromatic rings. The number of carbonyl (C=O) groups is 1. The summed E-state index contributed by atoms with van der Waals surface area (Å²) in [6.07, 6.45) is 27.3. The van der Waals surface area contributed by atoms with Gasteiger partial charge in [0, 0.05) is 22.7 Å². The molecule has 0 heterocycles. The van der Waals surface area contributed by atoms with E-state index in [-0.39, 0.29) is 22.9 Å². The summed E-state index contributed by atoms with van der Waals surface area (Å²) in [5.41, 5.74) is 1.53. The third-order valence-corrected chi connectivity index (χ3v) is 14.0. The van der Waals surface area contributed by atoms with Crippen LogP contribution in [0.15, 0.2) is 11.6 Å². The fourth-order valence-corrected chi connectivity index (χ4v) is 12.5. The van der Waals surface area contributed by atoms with E-state index >= 15 is 0 Å². The summed E-state index contributed by atoms with van der Waals surface area (Å²) >= 11 is 0. The molecule has 6 radical (unpaired) electrons. The number of rotatable bonds is 0. The van der Waals surface area contributed by atoms with Crippen LogP contribution >= 0.6 is 0 Å². The first kappa shape index (κ1) is 30.0. The molecule has 0 amide bonds.